The van der Waals surface area contributed by atoms with Crippen LogP contribution >= 0.6 is 0 Å². The summed E-state index contributed by atoms with van der Waals surface area (Å²) in [5, 5.41) is 22.8. The number of carbonyl (C=O) groups excluding carboxylic acids is 1. The summed E-state index contributed by atoms with van der Waals surface area (Å²) in [7, 11) is 0. The summed E-state index contributed by atoms with van der Waals surface area (Å²) in [6.45, 7) is -1.50. The van der Waals surface area contributed by atoms with Crippen molar-refractivity contribution in [3.8, 4) is 0 Å². The molecule has 2 saturated carbocycles. The van der Waals surface area contributed by atoms with E-state index < -0.39 is 30.0 Å². The van der Waals surface area contributed by atoms with E-state index in [4.69, 9.17) is 0 Å². The zero-order valence-electron chi connectivity index (χ0n) is 13.2. The molecule has 3 N–H and O–H groups in total. The summed E-state index contributed by atoms with van der Waals surface area (Å²) in [5.74, 6) is 0. The van der Waals surface area contributed by atoms with Crippen molar-refractivity contribution < 1.29 is 28.2 Å². The maximum absolute atomic E-state index is 12.3. The van der Waals surface area contributed by atoms with Gasteiger partial charge in [-0.2, -0.15) is 13.2 Å². The van der Waals surface area contributed by atoms with Crippen LogP contribution in [0.5, 0.6) is 0 Å². The predicted octanol–water partition coefficient (Wildman–Crippen LogP) is 2.17. The lowest BCUT2D eigenvalue weighted by Gasteiger charge is -2.36. The molecule has 23 heavy (non-hydrogen) atoms. The lowest BCUT2D eigenvalue weighted by molar-refractivity contribution is -0.123. The molecule has 0 atom stereocenters. The van der Waals surface area contributed by atoms with Crippen molar-refractivity contribution in [2.75, 3.05) is 19.6 Å². The number of urea groups is 1. The maximum Gasteiger partial charge on any atom is 0.405 e. The molecule has 0 aromatic rings. The normalized spacial score (nSPS) is 23.0. The van der Waals surface area contributed by atoms with E-state index in [1.54, 1.807) is 0 Å². The minimum atomic E-state index is -4.49. The molecule has 0 bridgehead atoms. The number of amides is 2. The van der Waals surface area contributed by atoms with E-state index in [1.807, 2.05) is 5.32 Å². The van der Waals surface area contributed by atoms with Gasteiger partial charge in [0, 0.05) is 0 Å². The largest absolute Gasteiger partial charge is 0.405 e. The molecule has 0 aliphatic heterocycles. The number of aliphatic hydroxyl groups is 2. The first-order valence-corrected chi connectivity index (χ1v) is 8.15. The Bertz CT molecular complexity index is 393. The summed E-state index contributed by atoms with van der Waals surface area (Å²) >= 11 is 0. The molecule has 134 valence electrons. The number of alkyl halides is 3. The highest BCUT2D eigenvalue weighted by atomic mass is 19.4. The Morgan fingerprint density at radius 3 is 1.70 bits per heavy atom. The van der Waals surface area contributed by atoms with Crippen molar-refractivity contribution >= 4 is 6.03 Å². The molecule has 0 radical (unpaired) electrons. The summed E-state index contributed by atoms with van der Waals surface area (Å²) in [6, 6.07) is -0.886. The van der Waals surface area contributed by atoms with Crippen LogP contribution in [0.3, 0.4) is 0 Å². The van der Waals surface area contributed by atoms with E-state index in [1.165, 1.54) is 0 Å². The van der Waals surface area contributed by atoms with Crippen LogP contribution in [0.25, 0.3) is 0 Å². The number of rotatable bonds is 5. The first kappa shape index (κ1) is 18.3. The van der Waals surface area contributed by atoms with Gasteiger partial charge in [-0.1, -0.05) is 25.7 Å². The third-order valence-corrected chi connectivity index (χ3v) is 4.77. The molecule has 0 spiro atoms. The Labute approximate surface area is 133 Å². The van der Waals surface area contributed by atoms with Crippen LogP contribution in [0, 0.1) is 0 Å². The average molecular weight is 338 g/mol. The summed E-state index contributed by atoms with van der Waals surface area (Å²) in [6.07, 6.45) is 0.927. The van der Waals surface area contributed by atoms with Crippen LogP contribution in [0.15, 0.2) is 0 Å². The fourth-order valence-corrected chi connectivity index (χ4v) is 3.58. The fraction of sp³-hybridized carbons (Fsp3) is 0.933. The minimum Gasteiger partial charge on any atom is -0.388 e. The Morgan fingerprint density at radius 1 is 0.957 bits per heavy atom. The van der Waals surface area contributed by atoms with Crippen LogP contribution in [0.4, 0.5) is 18.0 Å². The van der Waals surface area contributed by atoms with E-state index in [9.17, 15) is 28.2 Å². The van der Waals surface area contributed by atoms with Crippen molar-refractivity contribution in [1.82, 2.24) is 10.2 Å². The monoisotopic (exact) mass is 338 g/mol. The van der Waals surface area contributed by atoms with Gasteiger partial charge in [-0.25, -0.2) is 4.79 Å². The lowest BCUT2D eigenvalue weighted by atomic mass is 9.98. The fourth-order valence-electron chi connectivity index (χ4n) is 3.58. The van der Waals surface area contributed by atoms with Crippen LogP contribution in [-0.2, 0) is 0 Å². The van der Waals surface area contributed by atoms with Gasteiger partial charge in [0.25, 0.3) is 0 Å². The Hall–Kier alpha value is -1.02. The Balaban J connectivity index is 2.02. The van der Waals surface area contributed by atoms with Crippen LogP contribution in [0.2, 0.25) is 0 Å². The average Bonchev–Trinajstić information content (AvgIpc) is 3.04. The van der Waals surface area contributed by atoms with Gasteiger partial charge in [0.15, 0.2) is 0 Å². The third kappa shape index (κ3) is 5.53. The Kier molecular flexibility index (Phi) is 5.45. The topological polar surface area (TPSA) is 72.8 Å². The quantitative estimate of drug-likeness (QED) is 0.719. The van der Waals surface area contributed by atoms with Gasteiger partial charge in [-0.05, 0) is 25.7 Å². The molecule has 0 saturated heterocycles. The molecule has 2 aliphatic carbocycles. The second kappa shape index (κ2) is 6.84. The first-order valence-electron chi connectivity index (χ1n) is 8.15. The summed E-state index contributed by atoms with van der Waals surface area (Å²) < 4.78 is 36.9. The molecule has 2 aliphatic rings. The number of nitrogens with one attached hydrogen (secondary N) is 1. The van der Waals surface area contributed by atoms with Gasteiger partial charge in [0.05, 0.1) is 24.3 Å². The van der Waals surface area contributed by atoms with Crippen molar-refractivity contribution in [3.63, 3.8) is 0 Å². The zero-order valence-corrected chi connectivity index (χ0v) is 13.2. The molecule has 2 amide bonds. The second-order valence-corrected chi connectivity index (χ2v) is 6.99. The zero-order chi connectivity index (χ0) is 17.1. The maximum atomic E-state index is 12.3. The third-order valence-electron chi connectivity index (χ3n) is 4.77. The number of hydrogen-bond donors (Lipinski definition) is 3. The molecule has 2 fully saturated rings. The molecule has 0 aromatic heterocycles. The Morgan fingerprint density at radius 2 is 1.35 bits per heavy atom. The molecule has 5 nitrogen and oxygen atoms in total. The molecule has 8 heteroatoms. The van der Waals surface area contributed by atoms with Crippen molar-refractivity contribution in [2.45, 2.75) is 68.7 Å². The smallest absolute Gasteiger partial charge is 0.388 e. The van der Waals surface area contributed by atoms with Crippen LogP contribution in [0.1, 0.15) is 51.4 Å². The highest BCUT2D eigenvalue weighted by Gasteiger charge is 2.40. The van der Waals surface area contributed by atoms with Crippen molar-refractivity contribution in [2.24, 2.45) is 0 Å². The van der Waals surface area contributed by atoms with Gasteiger partial charge in [0.2, 0.25) is 0 Å². The molecule has 0 heterocycles. The number of nitrogens with zero attached hydrogens (tertiary/aromatic N) is 1. The predicted molar refractivity (Wildman–Crippen MR) is 77.9 cm³/mol. The van der Waals surface area contributed by atoms with E-state index in [2.05, 4.69) is 0 Å². The van der Waals surface area contributed by atoms with Crippen LogP contribution in [-0.4, -0.2) is 58.2 Å². The standard InChI is InChI=1S/C15H25F3N2O3/c16-15(17,18)9-19-12(21)20(10-13(22)5-1-2-6-13)11-14(23)7-3-4-8-14/h22-23H,1-11H2,(H,19,21). The van der Waals surface area contributed by atoms with E-state index in [0.717, 1.165) is 30.6 Å². The minimum absolute atomic E-state index is 0.0427. The number of carbonyl (C=O) groups is 1. The SMILES string of the molecule is O=C(NCC(F)(F)F)N(CC1(O)CCCC1)CC1(O)CCCC1. The van der Waals surface area contributed by atoms with E-state index in [0.29, 0.717) is 25.7 Å². The molecular formula is C15H25F3N2O3. The van der Waals surface area contributed by atoms with Crippen molar-refractivity contribution in [3.05, 3.63) is 0 Å². The molecule has 0 unspecified atom stereocenters. The highest BCUT2D eigenvalue weighted by molar-refractivity contribution is 5.74. The molecule has 0 aromatic carbocycles. The molecular weight excluding hydrogens is 313 g/mol. The van der Waals surface area contributed by atoms with Gasteiger partial charge >= 0.3 is 12.2 Å². The van der Waals surface area contributed by atoms with Gasteiger partial charge < -0.3 is 20.4 Å². The first-order chi connectivity index (χ1) is 10.6. The number of halogens is 3. The van der Waals surface area contributed by atoms with Gasteiger partial charge in [0.1, 0.15) is 6.54 Å². The van der Waals surface area contributed by atoms with Crippen LogP contribution < -0.4 is 5.32 Å². The van der Waals surface area contributed by atoms with E-state index in [-0.39, 0.29) is 13.1 Å². The number of hydrogen-bond acceptors (Lipinski definition) is 3. The molecule has 2 rings (SSSR count). The lowest BCUT2D eigenvalue weighted by Crippen LogP contribution is -2.54. The summed E-state index contributed by atoms with van der Waals surface area (Å²) in [4.78, 5) is 13.3. The highest BCUT2D eigenvalue weighted by Crippen LogP contribution is 2.33. The van der Waals surface area contributed by atoms with E-state index >= 15 is 0 Å². The van der Waals surface area contributed by atoms with Gasteiger partial charge in [-0.3, -0.25) is 0 Å². The summed E-state index contributed by atoms with van der Waals surface area (Å²) in [5.41, 5.74) is -2.13. The second-order valence-electron chi connectivity index (χ2n) is 6.99. The van der Waals surface area contributed by atoms with Crippen molar-refractivity contribution in [1.29, 1.82) is 0 Å². The van der Waals surface area contributed by atoms with Gasteiger partial charge in [-0.15, -0.1) is 0 Å².